The van der Waals surface area contributed by atoms with Gasteiger partial charge in [0, 0.05) is 24.4 Å². The molecule has 1 N–H and O–H groups in total. The third-order valence-electron chi connectivity index (χ3n) is 5.83. The minimum Gasteiger partial charge on any atom is -0.300 e. The van der Waals surface area contributed by atoms with Gasteiger partial charge in [0.05, 0.1) is 4.90 Å². The number of carbonyl (C=O) groups is 1. The van der Waals surface area contributed by atoms with Crippen molar-refractivity contribution in [2.45, 2.75) is 63.2 Å². The summed E-state index contributed by atoms with van der Waals surface area (Å²) >= 11 is 1.38. The van der Waals surface area contributed by atoms with Crippen molar-refractivity contribution in [3.63, 3.8) is 0 Å². The first-order valence-corrected chi connectivity index (χ1v) is 12.7. The second kappa shape index (κ2) is 8.01. The van der Waals surface area contributed by atoms with E-state index >= 15 is 0 Å². The first-order chi connectivity index (χ1) is 14.1. The van der Waals surface area contributed by atoms with Gasteiger partial charge in [-0.25, -0.2) is 8.42 Å². The summed E-state index contributed by atoms with van der Waals surface area (Å²) in [6.45, 7) is 6.85. The molecular formula is C21H28N4O3S2. The molecule has 0 bridgehead atoms. The fourth-order valence-corrected chi connectivity index (χ4v) is 6.33. The lowest BCUT2D eigenvalue weighted by Crippen LogP contribution is -2.41. The molecule has 1 aromatic carbocycles. The molecule has 0 unspecified atom stereocenters. The largest absolute Gasteiger partial charge is 0.300 e. The van der Waals surface area contributed by atoms with Gasteiger partial charge in [-0.2, -0.15) is 4.31 Å². The van der Waals surface area contributed by atoms with Crippen LogP contribution < -0.4 is 5.32 Å². The van der Waals surface area contributed by atoms with Crippen molar-refractivity contribution in [1.29, 1.82) is 0 Å². The highest BCUT2D eigenvalue weighted by atomic mass is 32.2. The zero-order chi connectivity index (χ0) is 21.5. The van der Waals surface area contributed by atoms with Crippen molar-refractivity contribution < 1.29 is 13.2 Å². The third-order valence-corrected chi connectivity index (χ3v) is 8.99. The average Bonchev–Trinajstić information content (AvgIpc) is 3.36. The van der Waals surface area contributed by atoms with Crippen molar-refractivity contribution in [1.82, 2.24) is 14.5 Å². The summed E-state index contributed by atoms with van der Waals surface area (Å²) in [5, 5.41) is 12.4. The number of piperidine rings is 1. The Morgan fingerprint density at radius 2 is 1.83 bits per heavy atom. The van der Waals surface area contributed by atoms with Crippen LogP contribution in [-0.4, -0.2) is 41.9 Å². The highest BCUT2D eigenvalue weighted by molar-refractivity contribution is 7.89. The number of hydrogen-bond donors (Lipinski definition) is 1. The second-order valence-corrected chi connectivity index (χ2v) is 12.0. The Morgan fingerprint density at radius 3 is 2.50 bits per heavy atom. The summed E-state index contributed by atoms with van der Waals surface area (Å²) in [6, 6.07) is 5.50. The van der Waals surface area contributed by atoms with Crippen LogP contribution in [0.4, 0.5) is 5.13 Å². The SMILES string of the molecule is CC(C)(C)c1nnc(NC(=O)C2CCN(S(=O)(=O)c3ccc4c(c3)CCC4)CC2)s1. The fourth-order valence-electron chi connectivity index (χ4n) is 4.00. The summed E-state index contributed by atoms with van der Waals surface area (Å²) in [6.07, 6.45) is 4.07. The van der Waals surface area contributed by atoms with Crippen LogP contribution in [0, 0.1) is 5.92 Å². The zero-order valence-corrected chi connectivity index (χ0v) is 19.3. The molecule has 7 nitrogen and oxygen atoms in total. The molecular weight excluding hydrogens is 420 g/mol. The summed E-state index contributed by atoms with van der Waals surface area (Å²) in [5.74, 6) is -0.334. The number of nitrogens with one attached hydrogen (secondary N) is 1. The van der Waals surface area contributed by atoms with Crippen LogP contribution in [0.2, 0.25) is 0 Å². The van der Waals surface area contributed by atoms with Crippen molar-refractivity contribution in [3.05, 3.63) is 34.3 Å². The van der Waals surface area contributed by atoms with E-state index in [1.54, 1.807) is 6.07 Å². The number of fused-ring (bicyclic) bond motifs is 1. The van der Waals surface area contributed by atoms with Crippen molar-refractivity contribution in [2.24, 2.45) is 5.92 Å². The summed E-state index contributed by atoms with van der Waals surface area (Å²) < 4.78 is 27.6. The van der Waals surface area contributed by atoms with E-state index < -0.39 is 10.0 Å². The molecule has 30 heavy (non-hydrogen) atoms. The standard InChI is InChI=1S/C21H28N4O3S2/c1-21(2,3)19-23-24-20(29-19)22-18(26)15-9-11-25(12-10-15)30(27,28)17-8-7-14-5-4-6-16(14)13-17/h7-8,13,15H,4-6,9-12H2,1-3H3,(H,22,24,26). The van der Waals surface area contributed by atoms with Crippen LogP contribution in [0.3, 0.4) is 0 Å². The highest BCUT2D eigenvalue weighted by Crippen LogP contribution is 2.30. The van der Waals surface area contributed by atoms with Crippen LogP contribution in [0.1, 0.15) is 56.2 Å². The predicted molar refractivity (Wildman–Crippen MR) is 117 cm³/mol. The first kappa shape index (κ1) is 21.4. The van der Waals surface area contributed by atoms with Crippen molar-refractivity contribution in [3.8, 4) is 0 Å². The van der Waals surface area contributed by atoms with Crippen molar-refractivity contribution in [2.75, 3.05) is 18.4 Å². The Labute approximate surface area is 182 Å². The Hall–Kier alpha value is -1.84. The number of aromatic nitrogens is 2. The molecule has 162 valence electrons. The number of aryl methyl sites for hydroxylation is 2. The molecule has 2 aliphatic rings. The lowest BCUT2D eigenvalue weighted by Gasteiger charge is -2.30. The maximum atomic E-state index is 13.1. The van der Waals surface area contributed by atoms with Crippen LogP contribution in [0.5, 0.6) is 0 Å². The van der Waals surface area contributed by atoms with Crippen LogP contribution in [0.25, 0.3) is 0 Å². The minimum atomic E-state index is -3.52. The molecule has 1 aromatic heterocycles. The number of amides is 1. The summed E-state index contributed by atoms with van der Waals surface area (Å²) in [4.78, 5) is 13.0. The van der Waals surface area contributed by atoms with Gasteiger partial charge in [-0.15, -0.1) is 10.2 Å². The van der Waals surface area contributed by atoms with E-state index in [9.17, 15) is 13.2 Å². The third kappa shape index (κ3) is 4.29. The Kier molecular flexibility index (Phi) is 5.71. The van der Waals surface area contributed by atoms with E-state index in [4.69, 9.17) is 0 Å². The van der Waals surface area contributed by atoms with Gasteiger partial charge >= 0.3 is 0 Å². The average molecular weight is 449 g/mol. The van der Waals surface area contributed by atoms with Gasteiger partial charge in [-0.05, 0) is 55.4 Å². The van der Waals surface area contributed by atoms with E-state index in [1.165, 1.54) is 21.2 Å². The zero-order valence-electron chi connectivity index (χ0n) is 17.6. The second-order valence-electron chi connectivity index (χ2n) is 9.11. The van der Waals surface area contributed by atoms with E-state index in [0.29, 0.717) is 36.0 Å². The summed E-state index contributed by atoms with van der Waals surface area (Å²) in [5.41, 5.74) is 2.30. The maximum absolute atomic E-state index is 13.1. The van der Waals surface area contributed by atoms with E-state index in [-0.39, 0.29) is 17.2 Å². The normalized spacial score (nSPS) is 18.4. The Bertz CT molecular complexity index is 1050. The van der Waals surface area contributed by atoms with Crippen LogP contribution in [-0.2, 0) is 33.1 Å². The molecule has 0 saturated carbocycles. The topological polar surface area (TPSA) is 92.3 Å². The molecule has 1 aliphatic heterocycles. The molecule has 1 fully saturated rings. The van der Waals surface area contributed by atoms with Gasteiger partial charge in [0.15, 0.2) is 0 Å². The first-order valence-electron chi connectivity index (χ1n) is 10.4. The monoisotopic (exact) mass is 448 g/mol. The Balaban J connectivity index is 1.37. The molecule has 0 atom stereocenters. The van der Waals surface area contributed by atoms with E-state index in [2.05, 4.69) is 36.3 Å². The fraction of sp³-hybridized carbons (Fsp3) is 0.571. The van der Waals surface area contributed by atoms with Gasteiger partial charge in [0.1, 0.15) is 5.01 Å². The van der Waals surface area contributed by atoms with E-state index in [1.807, 2.05) is 12.1 Å². The summed E-state index contributed by atoms with van der Waals surface area (Å²) in [7, 11) is -3.52. The number of sulfonamides is 1. The predicted octanol–water partition coefficient (Wildman–Crippen LogP) is 3.36. The molecule has 0 radical (unpaired) electrons. The molecule has 4 rings (SSSR count). The smallest absolute Gasteiger partial charge is 0.243 e. The lowest BCUT2D eigenvalue weighted by atomic mass is 9.97. The van der Waals surface area contributed by atoms with Gasteiger partial charge < -0.3 is 5.32 Å². The number of benzene rings is 1. The van der Waals surface area contributed by atoms with Gasteiger partial charge in [-0.3, -0.25) is 4.79 Å². The molecule has 9 heteroatoms. The number of hydrogen-bond acceptors (Lipinski definition) is 6. The molecule has 1 aliphatic carbocycles. The lowest BCUT2D eigenvalue weighted by molar-refractivity contribution is -0.120. The number of carbonyl (C=O) groups excluding carboxylic acids is 1. The molecule has 1 amide bonds. The molecule has 2 heterocycles. The number of rotatable bonds is 4. The number of anilines is 1. The molecule has 1 saturated heterocycles. The van der Waals surface area contributed by atoms with Gasteiger partial charge in [0.25, 0.3) is 0 Å². The maximum Gasteiger partial charge on any atom is 0.243 e. The Morgan fingerprint density at radius 1 is 1.13 bits per heavy atom. The van der Waals surface area contributed by atoms with E-state index in [0.717, 1.165) is 29.8 Å². The highest BCUT2D eigenvalue weighted by Gasteiger charge is 2.33. The quantitative estimate of drug-likeness (QED) is 0.774. The van der Waals surface area contributed by atoms with Crippen molar-refractivity contribution >= 4 is 32.4 Å². The van der Waals surface area contributed by atoms with Gasteiger partial charge in [-0.1, -0.05) is 38.2 Å². The van der Waals surface area contributed by atoms with Crippen LogP contribution in [0.15, 0.2) is 23.1 Å². The van der Waals surface area contributed by atoms with Crippen LogP contribution >= 0.6 is 11.3 Å². The minimum absolute atomic E-state index is 0.110. The number of nitrogens with zero attached hydrogens (tertiary/aromatic N) is 3. The molecule has 0 spiro atoms. The van der Waals surface area contributed by atoms with Gasteiger partial charge in [0.2, 0.25) is 21.1 Å². The molecule has 2 aromatic rings.